The number of carbonyl (C=O) groups excluding carboxylic acids is 2. The van der Waals surface area contributed by atoms with Gasteiger partial charge in [0, 0.05) is 10.4 Å². The van der Waals surface area contributed by atoms with Gasteiger partial charge in [-0.15, -0.1) is 22.7 Å². The quantitative estimate of drug-likeness (QED) is 0.725. The normalized spacial score (nSPS) is 10.6. The van der Waals surface area contributed by atoms with Crippen molar-refractivity contribution in [1.29, 1.82) is 0 Å². The molecule has 0 saturated carbocycles. The summed E-state index contributed by atoms with van der Waals surface area (Å²) in [6, 6.07) is 11.5. The first-order valence-electron chi connectivity index (χ1n) is 7.33. The molecule has 0 fully saturated rings. The van der Waals surface area contributed by atoms with E-state index in [0.29, 0.717) is 15.4 Å². The minimum Gasteiger partial charge on any atom is -0.365 e. The molecule has 0 aliphatic rings. The van der Waals surface area contributed by atoms with Gasteiger partial charge in [0.05, 0.1) is 10.4 Å². The number of amides is 2. The molecule has 0 atom stereocenters. The third kappa shape index (κ3) is 2.98. The van der Waals surface area contributed by atoms with Gasteiger partial charge in [-0.3, -0.25) is 9.59 Å². The molecule has 0 bridgehead atoms. The van der Waals surface area contributed by atoms with E-state index in [0.717, 1.165) is 21.6 Å². The van der Waals surface area contributed by atoms with Gasteiger partial charge in [0.1, 0.15) is 5.00 Å². The summed E-state index contributed by atoms with van der Waals surface area (Å²) in [4.78, 5) is 26.1. The Morgan fingerprint density at radius 1 is 1.08 bits per heavy atom. The topological polar surface area (TPSA) is 72.2 Å². The maximum atomic E-state index is 12.5. The number of aryl methyl sites for hydroxylation is 2. The maximum absolute atomic E-state index is 12.5. The Hall–Kier alpha value is -2.44. The molecule has 3 aromatic rings. The zero-order valence-electron chi connectivity index (χ0n) is 13.3. The molecule has 1 aromatic carbocycles. The summed E-state index contributed by atoms with van der Waals surface area (Å²) in [7, 11) is 0. The number of nitrogens with one attached hydrogen (secondary N) is 1. The van der Waals surface area contributed by atoms with Gasteiger partial charge in [-0.2, -0.15) is 0 Å². The van der Waals surface area contributed by atoms with Crippen molar-refractivity contribution in [3.63, 3.8) is 0 Å². The first-order chi connectivity index (χ1) is 11.5. The lowest BCUT2D eigenvalue weighted by atomic mass is 10.0. The number of rotatable bonds is 4. The number of anilines is 1. The minimum atomic E-state index is -0.545. The van der Waals surface area contributed by atoms with E-state index in [-0.39, 0.29) is 5.91 Å². The van der Waals surface area contributed by atoms with E-state index in [1.54, 1.807) is 0 Å². The van der Waals surface area contributed by atoms with E-state index < -0.39 is 5.91 Å². The molecular weight excluding hydrogens is 340 g/mol. The number of hydrogen-bond donors (Lipinski definition) is 2. The standard InChI is InChI=1S/C18H16N2O2S2/c1-10-8-9-23-15(10)17(22)20-18-14(16(19)21)13(11(2)24-18)12-6-4-3-5-7-12/h3-9H,1-2H3,(H2,19,21)(H,20,22). The van der Waals surface area contributed by atoms with Gasteiger partial charge in [0.2, 0.25) is 0 Å². The third-order valence-electron chi connectivity index (χ3n) is 3.69. The van der Waals surface area contributed by atoms with Crippen molar-refractivity contribution in [2.45, 2.75) is 13.8 Å². The van der Waals surface area contributed by atoms with Crippen LogP contribution >= 0.6 is 22.7 Å². The molecule has 4 nitrogen and oxygen atoms in total. The van der Waals surface area contributed by atoms with Gasteiger partial charge in [-0.1, -0.05) is 30.3 Å². The predicted molar refractivity (Wildman–Crippen MR) is 100 cm³/mol. The van der Waals surface area contributed by atoms with Crippen LogP contribution in [0.5, 0.6) is 0 Å². The molecule has 3 rings (SSSR count). The van der Waals surface area contributed by atoms with Crippen molar-refractivity contribution < 1.29 is 9.59 Å². The molecule has 24 heavy (non-hydrogen) atoms. The lowest BCUT2D eigenvalue weighted by Gasteiger charge is -2.06. The SMILES string of the molecule is Cc1ccsc1C(=O)Nc1sc(C)c(-c2ccccc2)c1C(N)=O. The first kappa shape index (κ1) is 16.4. The summed E-state index contributed by atoms with van der Waals surface area (Å²) < 4.78 is 0. The zero-order valence-corrected chi connectivity index (χ0v) is 14.9. The van der Waals surface area contributed by atoms with Crippen LogP contribution in [0.15, 0.2) is 41.8 Å². The van der Waals surface area contributed by atoms with Gasteiger partial charge in [-0.25, -0.2) is 0 Å². The monoisotopic (exact) mass is 356 g/mol. The Morgan fingerprint density at radius 3 is 2.38 bits per heavy atom. The number of carbonyl (C=O) groups is 2. The molecule has 0 radical (unpaired) electrons. The molecule has 6 heteroatoms. The van der Waals surface area contributed by atoms with Gasteiger partial charge in [-0.05, 0) is 36.4 Å². The minimum absolute atomic E-state index is 0.217. The highest BCUT2D eigenvalue weighted by molar-refractivity contribution is 7.17. The second-order valence-corrected chi connectivity index (χ2v) is 7.50. The van der Waals surface area contributed by atoms with Crippen LogP contribution in [0.3, 0.4) is 0 Å². The van der Waals surface area contributed by atoms with E-state index >= 15 is 0 Å². The van der Waals surface area contributed by atoms with Crippen LogP contribution in [-0.4, -0.2) is 11.8 Å². The Morgan fingerprint density at radius 2 is 1.79 bits per heavy atom. The van der Waals surface area contributed by atoms with Crippen molar-refractivity contribution >= 4 is 39.5 Å². The fourth-order valence-corrected chi connectivity index (χ4v) is 4.48. The highest BCUT2D eigenvalue weighted by Gasteiger charge is 2.23. The average Bonchev–Trinajstić information content (AvgIpc) is 3.11. The molecule has 0 aliphatic carbocycles. The molecule has 2 amide bonds. The largest absolute Gasteiger partial charge is 0.365 e. The van der Waals surface area contributed by atoms with E-state index in [2.05, 4.69) is 5.32 Å². The zero-order chi connectivity index (χ0) is 17.3. The van der Waals surface area contributed by atoms with Gasteiger partial charge in [0.25, 0.3) is 11.8 Å². The fourth-order valence-electron chi connectivity index (χ4n) is 2.59. The molecule has 0 spiro atoms. The molecule has 0 saturated heterocycles. The van der Waals surface area contributed by atoms with Crippen LogP contribution in [0.4, 0.5) is 5.00 Å². The third-order valence-corrected chi connectivity index (χ3v) is 5.72. The van der Waals surface area contributed by atoms with Gasteiger partial charge < -0.3 is 11.1 Å². The Kier molecular flexibility index (Phi) is 4.51. The Labute approximate surface area is 147 Å². The van der Waals surface area contributed by atoms with Crippen molar-refractivity contribution in [3.8, 4) is 11.1 Å². The second-order valence-electron chi connectivity index (χ2n) is 5.35. The van der Waals surface area contributed by atoms with E-state index in [4.69, 9.17) is 5.73 Å². The predicted octanol–water partition coefficient (Wildman–Crippen LogP) is 4.44. The second kappa shape index (κ2) is 6.59. The molecule has 122 valence electrons. The van der Waals surface area contributed by atoms with Crippen molar-refractivity contribution in [1.82, 2.24) is 0 Å². The number of thiophene rings is 2. The van der Waals surface area contributed by atoms with Crippen LogP contribution in [-0.2, 0) is 0 Å². The van der Waals surface area contributed by atoms with Crippen LogP contribution in [0.25, 0.3) is 11.1 Å². The lowest BCUT2D eigenvalue weighted by molar-refractivity contribution is 0.100. The summed E-state index contributed by atoms with van der Waals surface area (Å²) in [6.07, 6.45) is 0. The van der Waals surface area contributed by atoms with Gasteiger partial charge in [0.15, 0.2) is 0 Å². The molecule has 2 aromatic heterocycles. The summed E-state index contributed by atoms with van der Waals surface area (Å²) in [5.41, 5.74) is 8.58. The van der Waals surface area contributed by atoms with Crippen LogP contribution < -0.4 is 11.1 Å². The number of nitrogens with two attached hydrogens (primary N) is 1. The number of benzene rings is 1. The average molecular weight is 356 g/mol. The molecule has 0 aliphatic heterocycles. The smallest absolute Gasteiger partial charge is 0.266 e. The summed E-state index contributed by atoms with van der Waals surface area (Å²) in [5, 5.41) is 5.22. The summed E-state index contributed by atoms with van der Waals surface area (Å²) >= 11 is 2.74. The van der Waals surface area contributed by atoms with Crippen molar-refractivity contribution in [2.75, 3.05) is 5.32 Å². The fraction of sp³-hybridized carbons (Fsp3) is 0.111. The van der Waals surface area contributed by atoms with Crippen LogP contribution in [0, 0.1) is 13.8 Å². The van der Waals surface area contributed by atoms with Crippen LogP contribution in [0.1, 0.15) is 30.5 Å². The maximum Gasteiger partial charge on any atom is 0.266 e. The van der Waals surface area contributed by atoms with Crippen LogP contribution in [0.2, 0.25) is 0 Å². The highest BCUT2D eigenvalue weighted by atomic mass is 32.1. The summed E-state index contributed by atoms with van der Waals surface area (Å²) in [6.45, 7) is 3.81. The molecule has 3 N–H and O–H groups in total. The van der Waals surface area contributed by atoms with Crippen molar-refractivity contribution in [3.05, 3.63) is 62.7 Å². The molecule has 0 unspecified atom stereocenters. The summed E-state index contributed by atoms with van der Waals surface area (Å²) in [5.74, 6) is -0.762. The van der Waals surface area contributed by atoms with Crippen molar-refractivity contribution in [2.24, 2.45) is 5.73 Å². The number of hydrogen-bond acceptors (Lipinski definition) is 4. The van der Waals surface area contributed by atoms with Gasteiger partial charge >= 0.3 is 0 Å². The van der Waals surface area contributed by atoms with E-state index in [9.17, 15) is 9.59 Å². The van der Waals surface area contributed by atoms with E-state index in [1.165, 1.54) is 22.7 Å². The first-order valence-corrected chi connectivity index (χ1v) is 9.02. The Bertz CT molecular complexity index is 911. The van der Waals surface area contributed by atoms with E-state index in [1.807, 2.05) is 55.6 Å². The molecule has 2 heterocycles. The highest BCUT2D eigenvalue weighted by Crippen LogP contribution is 2.39. The Balaban J connectivity index is 2.05. The lowest BCUT2D eigenvalue weighted by Crippen LogP contribution is -2.17. The molecular formula is C18H16N2O2S2. The number of primary amides is 1.